The van der Waals surface area contributed by atoms with Crippen molar-refractivity contribution in [2.45, 2.75) is 19.3 Å². The molecule has 0 aromatic heterocycles. The van der Waals surface area contributed by atoms with Crippen molar-refractivity contribution in [3.05, 3.63) is 23.3 Å². The zero-order valence-corrected chi connectivity index (χ0v) is 10.1. The number of allylic oxidation sites excluding steroid dienone is 2. The highest BCUT2D eigenvalue weighted by atomic mass is 16.5. The first kappa shape index (κ1) is 11.9. The average molecular weight is 236 g/mol. The first-order valence-electron chi connectivity index (χ1n) is 5.74. The monoisotopic (exact) mass is 236 g/mol. The van der Waals surface area contributed by atoms with Gasteiger partial charge in [0.25, 0.3) is 0 Å². The van der Waals surface area contributed by atoms with Crippen LogP contribution in [0, 0.1) is 11.8 Å². The maximum atomic E-state index is 11.5. The van der Waals surface area contributed by atoms with Crippen molar-refractivity contribution in [1.82, 2.24) is 0 Å². The van der Waals surface area contributed by atoms with Gasteiger partial charge in [-0.25, -0.2) is 9.59 Å². The Balaban J connectivity index is 2.16. The molecule has 2 bridgehead atoms. The van der Waals surface area contributed by atoms with Gasteiger partial charge in [-0.15, -0.1) is 0 Å². The fraction of sp³-hybridized carbons (Fsp3) is 0.538. The Bertz CT molecular complexity index is 368. The lowest BCUT2D eigenvalue weighted by molar-refractivity contribution is -0.137. The van der Waals surface area contributed by atoms with E-state index in [-0.39, 0.29) is 23.8 Å². The fourth-order valence-corrected chi connectivity index (χ4v) is 2.65. The molecule has 0 aromatic carbocycles. The highest BCUT2D eigenvalue weighted by molar-refractivity contribution is 5.91. The van der Waals surface area contributed by atoms with E-state index in [9.17, 15) is 9.59 Å². The van der Waals surface area contributed by atoms with Crippen LogP contribution in [0.15, 0.2) is 23.3 Å². The van der Waals surface area contributed by atoms with E-state index in [2.05, 4.69) is 0 Å². The molecule has 92 valence electrons. The highest BCUT2D eigenvalue weighted by Crippen LogP contribution is 2.40. The summed E-state index contributed by atoms with van der Waals surface area (Å²) in [6, 6.07) is 0. The first-order valence-corrected chi connectivity index (χ1v) is 5.74. The van der Waals surface area contributed by atoms with E-state index in [0.29, 0.717) is 12.8 Å². The summed E-state index contributed by atoms with van der Waals surface area (Å²) in [5.74, 6) is -0.115. The van der Waals surface area contributed by atoms with Crippen LogP contribution in [0.2, 0.25) is 0 Å². The first-order chi connectivity index (χ1) is 8.17. The van der Waals surface area contributed by atoms with Crippen molar-refractivity contribution in [2.24, 2.45) is 11.8 Å². The molecular weight excluding hydrogens is 220 g/mol. The Morgan fingerprint density at radius 3 is 1.76 bits per heavy atom. The summed E-state index contributed by atoms with van der Waals surface area (Å²) in [6.45, 7) is 0. The second kappa shape index (κ2) is 4.73. The predicted molar refractivity (Wildman–Crippen MR) is 61.0 cm³/mol. The van der Waals surface area contributed by atoms with Gasteiger partial charge in [-0.2, -0.15) is 0 Å². The molecule has 2 unspecified atom stereocenters. The number of ether oxygens (including phenoxy) is 2. The Morgan fingerprint density at radius 1 is 1.00 bits per heavy atom. The van der Waals surface area contributed by atoms with E-state index in [4.69, 9.17) is 9.47 Å². The van der Waals surface area contributed by atoms with Crippen LogP contribution in [-0.4, -0.2) is 26.2 Å². The molecule has 0 amide bonds. The third-order valence-corrected chi connectivity index (χ3v) is 3.54. The van der Waals surface area contributed by atoms with E-state index < -0.39 is 0 Å². The molecule has 0 heterocycles. The van der Waals surface area contributed by atoms with Gasteiger partial charge in [0.15, 0.2) is 0 Å². The molecule has 0 saturated heterocycles. The number of hydrogen-bond donors (Lipinski definition) is 0. The Hall–Kier alpha value is -1.58. The summed E-state index contributed by atoms with van der Waals surface area (Å²) in [6.07, 6.45) is 6.06. The lowest BCUT2D eigenvalue weighted by atomic mass is 9.72. The number of esters is 2. The minimum Gasteiger partial charge on any atom is -0.466 e. The summed E-state index contributed by atoms with van der Waals surface area (Å²) in [5.41, 5.74) is 1.51. The van der Waals surface area contributed by atoms with Gasteiger partial charge in [0, 0.05) is 11.1 Å². The van der Waals surface area contributed by atoms with Gasteiger partial charge in [0.1, 0.15) is 0 Å². The van der Waals surface area contributed by atoms with Crippen molar-refractivity contribution in [1.29, 1.82) is 0 Å². The summed E-state index contributed by atoms with van der Waals surface area (Å²) in [7, 11) is 2.79. The van der Waals surface area contributed by atoms with Gasteiger partial charge in [-0.1, -0.05) is 12.2 Å². The lowest BCUT2D eigenvalue weighted by Crippen LogP contribution is -2.28. The molecule has 4 nitrogen and oxygen atoms in total. The van der Waals surface area contributed by atoms with Crippen LogP contribution in [0.25, 0.3) is 0 Å². The summed E-state index contributed by atoms with van der Waals surface area (Å²) >= 11 is 0. The van der Waals surface area contributed by atoms with E-state index >= 15 is 0 Å². The molecule has 2 aliphatic rings. The van der Waals surface area contributed by atoms with Gasteiger partial charge in [0.2, 0.25) is 0 Å². The van der Waals surface area contributed by atoms with Crippen molar-refractivity contribution < 1.29 is 19.1 Å². The Kier molecular flexibility index (Phi) is 3.31. The van der Waals surface area contributed by atoms with E-state index in [1.807, 2.05) is 12.2 Å². The number of rotatable bonds is 2. The van der Waals surface area contributed by atoms with Gasteiger partial charge < -0.3 is 9.47 Å². The summed E-state index contributed by atoms with van der Waals surface area (Å²) in [4.78, 5) is 23.1. The number of carbonyl (C=O) groups is 2. The van der Waals surface area contributed by atoms with E-state index in [0.717, 1.165) is 17.6 Å². The topological polar surface area (TPSA) is 52.6 Å². The SMILES string of the molecule is COC(=O)C1=CCC2CC1CC=C2C(=O)OC. The average Bonchev–Trinajstić information content (AvgIpc) is 2.38. The van der Waals surface area contributed by atoms with Crippen molar-refractivity contribution in [3.63, 3.8) is 0 Å². The molecule has 0 spiro atoms. The van der Waals surface area contributed by atoms with Gasteiger partial charge in [-0.3, -0.25) is 0 Å². The van der Waals surface area contributed by atoms with Crippen molar-refractivity contribution in [2.75, 3.05) is 14.2 Å². The molecule has 2 aliphatic carbocycles. The van der Waals surface area contributed by atoms with Gasteiger partial charge in [-0.05, 0) is 31.1 Å². The number of methoxy groups -OCH3 is 2. The van der Waals surface area contributed by atoms with Gasteiger partial charge >= 0.3 is 11.9 Å². The van der Waals surface area contributed by atoms with Crippen LogP contribution in [0.1, 0.15) is 19.3 Å². The Morgan fingerprint density at radius 2 is 1.41 bits per heavy atom. The fourth-order valence-electron chi connectivity index (χ4n) is 2.65. The smallest absolute Gasteiger partial charge is 0.333 e. The summed E-state index contributed by atoms with van der Waals surface area (Å²) < 4.78 is 9.51. The van der Waals surface area contributed by atoms with Crippen molar-refractivity contribution in [3.8, 4) is 0 Å². The molecule has 4 heteroatoms. The molecule has 0 fully saturated rings. The molecule has 0 aromatic rings. The zero-order chi connectivity index (χ0) is 12.4. The minimum atomic E-state index is -0.247. The molecule has 2 atom stereocenters. The number of hydrogen-bond acceptors (Lipinski definition) is 4. The van der Waals surface area contributed by atoms with Crippen LogP contribution >= 0.6 is 0 Å². The normalized spacial score (nSPS) is 26.7. The van der Waals surface area contributed by atoms with Crippen LogP contribution in [0.5, 0.6) is 0 Å². The molecule has 0 aliphatic heterocycles. The summed E-state index contributed by atoms with van der Waals surface area (Å²) in [5, 5.41) is 0. The molecule has 2 rings (SSSR count). The molecule has 0 saturated carbocycles. The zero-order valence-electron chi connectivity index (χ0n) is 10.1. The molecule has 0 N–H and O–H groups in total. The molecule has 0 radical (unpaired) electrons. The maximum absolute atomic E-state index is 11.5. The predicted octanol–water partition coefficient (Wildman–Crippen LogP) is 1.62. The van der Waals surface area contributed by atoms with Crippen LogP contribution < -0.4 is 0 Å². The van der Waals surface area contributed by atoms with Crippen molar-refractivity contribution >= 4 is 11.9 Å². The van der Waals surface area contributed by atoms with Gasteiger partial charge in [0.05, 0.1) is 14.2 Å². The number of carbonyl (C=O) groups excluding carboxylic acids is 2. The van der Waals surface area contributed by atoms with E-state index in [1.54, 1.807) is 0 Å². The lowest BCUT2D eigenvalue weighted by Gasteiger charge is -2.32. The van der Waals surface area contributed by atoms with Crippen LogP contribution in [0.4, 0.5) is 0 Å². The largest absolute Gasteiger partial charge is 0.466 e. The standard InChI is InChI=1S/C13H16O4/c1-16-12(14)10-5-3-9-7-8(10)4-6-11(9)13(15)17-2/h5-6,8-9H,3-4,7H2,1-2H3. The second-order valence-corrected chi connectivity index (χ2v) is 4.40. The quantitative estimate of drug-likeness (QED) is 0.683. The van der Waals surface area contributed by atoms with Crippen LogP contribution in [-0.2, 0) is 19.1 Å². The Labute approximate surface area is 100 Å². The third kappa shape index (κ3) is 2.12. The maximum Gasteiger partial charge on any atom is 0.333 e. The van der Waals surface area contributed by atoms with E-state index in [1.165, 1.54) is 14.2 Å². The third-order valence-electron chi connectivity index (χ3n) is 3.54. The number of fused-ring (bicyclic) bond motifs is 2. The van der Waals surface area contributed by atoms with Crippen LogP contribution in [0.3, 0.4) is 0 Å². The second-order valence-electron chi connectivity index (χ2n) is 4.40. The molecular formula is C13H16O4. The highest BCUT2D eigenvalue weighted by Gasteiger charge is 2.35. The minimum absolute atomic E-state index is 0.189. The molecule has 17 heavy (non-hydrogen) atoms.